The SMILES string of the molecule is CCOc1ccc(/C=C2/SC(=O)N(CC(=O)Nc3ccc(OC)cc3)C2=O)c2ccccc12. The molecule has 0 radical (unpaired) electrons. The van der Waals surface area contributed by atoms with E-state index in [2.05, 4.69) is 5.32 Å². The molecule has 1 fully saturated rings. The number of hydrogen-bond donors (Lipinski definition) is 1. The van der Waals surface area contributed by atoms with Gasteiger partial charge in [-0.05, 0) is 66.0 Å². The average Bonchev–Trinajstić information content (AvgIpc) is 3.08. The van der Waals surface area contributed by atoms with Crippen LogP contribution in [0.5, 0.6) is 11.5 Å². The largest absolute Gasteiger partial charge is 0.497 e. The minimum atomic E-state index is -0.493. The number of thioether (sulfide) groups is 1. The molecule has 0 spiro atoms. The zero-order valence-electron chi connectivity index (χ0n) is 18.2. The molecule has 0 aliphatic carbocycles. The molecule has 4 rings (SSSR count). The van der Waals surface area contributed by atoms with Crippen LogP contribution in [0.25, 0.3) is 16.8 Å². The summed E-state index contributed by atoms with van der Waals surface area (Å²) in [5.41, 5.74) is 1.34. The number of carbonyl (C=O) groups excluding carboxylic acids is 3. The standard InChI is InChI=1S/C25H22N2O5S/c1-3-32-21-13-8-16(19-6-4-5-7-20(19)21)14-22-24(29)27(25(30)33-22)15-23(28)26-17-9-11-18(31-2)12-10-17/h4-14H,3,15H2,1-2H3,(H,26,28)/b22-14+. The first-order chi connectivity index (χ1) is 16.0. The van der Waals surface area contributed by atoms with Crippen LogP contribution >= 0.6 is 11.8 Å². The molecule has 8 heteroatoms. The molecule has 3 aromatic rings. The van der Waals surface area contributed by atoms with Crippen molar-refractivity contribution in [2.75, 3.05) is 25.6 Å². The summed E-state index contributed by atoms with van der Waals surface area (Å²) in [5.74, 6) is 0.461. The second-order valence-electron chi connectivity index (χ2n) is 7.18. The number of benzene rings is 3. The van der Waals surface area contributed by atoms with Crippen molar-refractivity contribution in [3.05, 3.63) is 71.1 Å². The minimum absolute atomic E-state index is 0.270. The highest BCUT2D eigenvalue weighted by Crippen LogP contribution is 2.35. The van der Waals surface area contributed by atoms with Crippen LogP contribution in [0, 0.1) is 0 Å². The van der Waals surface area contributed by atoms with Gasteiger partial charge in [-0.15, -0.1) is 0 Å². The van der Waals surface area contributed by atoms with Gasteiger partial charge in [0.15, 0.2) is 0 Å². The average molecular weight is 463 g/mol. The molecule has 1 aliphatic rings. The van der Waals surface area contributed by atoms with Crippen LogP contribution in [-0.2, 0) is 9.59 Å². The molecule has 1 N–H and O–H groups in total. The van der Waals surface area contributed by atoms with Crippen molar-refractivity contribution < 1.29 is 23.9 Å². The molecule has 1 aliphatic heterocycles. The van der Waals surface area contributed by atoms with E-state index >= 15 is 0 Å². The summed E-state index contributed by atoms with van der Waals surface area (Å²) in [6, 6.07) is 18.2. The molecule has 7 nitrogen and oxygen atoms in total. The van der Waals surface area contributed by atoms with Crippen molar-refractivity contribution in [3.8, 4) is 11.5 Å². The highest BCUT2D eigenvalue weighted by Gasteiger charge is 2.36. The van der Waals surface area contributed by atoms with Crippen molar-refractivity contribution in [2.45, 2.75) is 6.92 Å². The number of hydrogen-bond acceptors (Lipinski definition) is 6. The van der Waals surface area contributed by atoms with Crippen molar-refractivity contribution in [3.63, 3.8) is 0 Å². The minimum Gasteiger partial charge on any atom is -0.497 e. The third kappa shape index (κ3) is 4.85. The Hall–Kier alpha value is -3.78. The number of carbonyl (C=O) groups is 3. The second kappa shape index (κ2) is 9.79. The van der Waals surface area contributed by atoms with Gasteiger partial charge in [-0.3, -0.25) is 19.3 Å². The maximum Gasteiger partial charge on any atom is 0.294 e. The molecule has 1 heterocycles. The fraction of sp³-hybridized carbons (Fsp3) is 0.160. The number of imide groups is 1. The van der Waals surface area contributed by atoms with Crippen LogP contribution in [0.15, 0.2) is 65.6 Å². The van der Waals surface area contributed by atoms with Gasteiger partial charge < -0.3 is 14.8 Å². The fourth-order valence-electron chi connectivity index (χ4n) is 3.50. The first-order valence-electron chi connectivity index (χ1n) is 10.3. The predicted octanol–water partition coefficient (Wildman–Crippen LogP) is 4.92. The Kier molecular flexibility index (Phi) is 6.65. The zero-order valence-corrected chi connectivity index (χ0v) is 19.0. The van der Waals surface area contributed by atoms with E-state index in [9.17, 15) is 14.4 Å². The van der Waals surface area contributed by atoms with E-state index < -0.39 is 17.1 Å². The topological polar surface area (TPSA) is 84.9 Å². The normalized spacial score (nSPS) is 14.7. The summed E-state index contributed by atoms with van der Waals surface area (Å²) >= 11 is 0.824. The van der Waals surface area contributed by atoms with E-state index in [-0.39, 0.29) is 11.4 Å². The Bertz CT molecular complexity index is 1250. The van der Waals surface area contributed by atoms with Crippen molar-refractivity contribution in [1.82, 2.24) is 4.90 Å². The highest BCUT2D eigenvalue weighted by atomic mass is 32.2. The Morgan fingerprint density at radius 1 is 1.03 bits per heavy atom. The molecule has 0 aromatic heterocycles. The first kappa shape index (κ1) is 22.4. The number of methoxy groups -OCH3 is 1. The molecule has 3 amide bonds. The van der Waals surface area contributed by atoms with Crippen molar-refractivity contribution in [1.29, 1.82) is 0 Å². The number of nitrogens with one attached hydrogen (secondary N) is 1. The summed E-state index contributed by atoms with van der Waals surface area (Å²) in [7, 11) is 1.55. The number of fused-ring (bicyclic) bond motifs is 1. The highest BCUT2D eigenvalue weighted by molar-refractivity contribution is 8.18. The predicted molar refractivity (Wildman–Crippen MR) is 129 cm³/mol. The molecule has 3 aromatic carbocycles. The summed E-state index contributed by atoms with van der Waals surface area (Å²) < 4.78 is 10.8. The molecule has 1 saturated heterocycles. The number of anilines is 1. The van der Waals surface area contributed by atoms with Crippen molar-refractivity contribution >= 4 is 51.4 Å². The summed E-state index contributed by atoms with van der Waals surface area (Å²) in [6.07, 6.45) is 1.68. The van der Waals surface area contributed by atoms with E-state index in [0.29, 0.717) is 18.0 Å². The quantitative estimate of drug-likeness (QED) is 0.502. The Balaban J connectivity index is 1.52. The van der Waals surface area contributed by atoms with Gasteiger partial charge in [0.05, 0.1) is 18.6 Å². The van der Waals surface area contributed by atoms with E-state index in [1.165, 1.54) is 0 Å². The third-order valence-electron chi connectivity index (χ3n) is 5.05. The van der Waals surface area contributed by atoms with Crippen LogP contribution in [0.3, 0.4) is 0 Å². The lowest BCUT2D eigenvalue weighted by Crippen LogP contribution is -2.36. The second-order valence-corrected chi connectivity index (χ2v) is 8.17. The van der Waals surface area contributed by atoms with Gasteiger partial charge in [0.25, 0.3) is 11.1 Å². The number of rotatable bonds is 7. The fourth-order valence-corrected chi connectivity index (χ4v) is 4.33. The van der Waals surface area contributed by atoms with E-state index in [0.717, 1.165) is 38.7 Å². The lowest BCUT2D eigenvalue weighted by atomic mass is 10.0. The molecular weight excluding hydrogens is 440 g/mol. The maximum absolute atomic E-state index is 12.9. The molecule has 0 unspecified atom stereocenters. The lowest BCUT2D eigenvalue weighted by Gasteiger charge is -2.13. The maximum atomic E-state index is 12.9. The molecule has 33 heavy (non-hydrogen) atoms. The summed E-state index contributed by atoms with van der Waals surface area (Å²) in [4.78, 5) is 39.0. The Morgan fingerprint density at radius 3 is 2.45 bits per heavy atom. The van der Waals surface area contributed by atoms with Gasteiger partial charge in [-0.2, -0.15) is 0 Å². The van der Waals surface area contributed by atoms with E-state index in [1.54, 1.807) is 37.5 Å². The van der Waals surface area contributed by atoms with Gasteiger partial charge in [0, 0.05) is 11.1 Å². The molecule has 0 bridgehead atoms. The monoisotopic (exact) mass is 462 g/mol. The Labute approximate surface area is 195 Å². The zero-order chi connectivity index (χ0) is 23.4. The van der Waals surface area contributed by atoms with E-state index in [1.807, 2.05) is 43.3 Å². The molecular formula is C25H22N2O5S. The molecule has 0 saturated carbocycles. The number of ether oxygens (including phenoxy) is 2. The molecule has 0 atom stereocenters. The van der Waals surface area contributed by atoms with Crippen molar-refractivity contribution in [2.24, 2.45) is 0 Å². The number of amides is 3. The summed E-state index contributed by atoms with van der Waals surface area (Å²) in [6.45, 7) is 2.10. The summed E-state index contributed by atoms with van der Waals surface area (Å²) in [5, 5.41) is 4.04. The van der Waals surface area contributed by atoms with Gasteiger partial charge in [0.2, 0.25) is 5.91 Å². The first-order valence-corrected chi connectivity index (χ1v) is 11.2. The molecule has 168 valence electrons. The van der Waals surface area contributed by atoms with Gasteiger partial charge in [-0.25, -0.2) is 0 Å². The number of nitrogens with zero attached hydrogens (tertiary/aromatic N) is 1. The van der Waals surface area contributed by atoms with Crippen LogP contribution in [-0.4, -0.2) is 42.2 Å². The van der Waals surface area contributed by atoms with E-state index in [4.69, 9.17) is 9.47 Å². The van der Waals surface area contributed by atoms with Gasteiger partial charge in [0.1, 0.15) is 18.0 Å². The van der Waals surface area contributed by atoms with Crippen LogP contribution in [0.2, 0.25) is 0 Å². The van der Waals surface area contributed by atoms with Crippen LogP contribution in [0.1, 0.15) is 12.5 Å². The smallest absolute Gasteiger partial charge is 0.294 e. The van der Waals surface area contributed by atoms with Crippen LogP contribution < -0.4 is 14.8 Å². The lowest BCUT2D eigenvalue weighted by molar-refractivity contribution is -0.127. The van der Waals surface area contributed by atoms with Crippen LogP contribution in [0.4, 0.5) is 10.5 Å². The van der Waals surface area contributed by atoms with Gasteiger partial charge in [-0.1, -0.05) is 30.3 Å². The third-order valence-corrected chi connectivity index (χ3v) is 5.96. The Morgan fingerprint density at radius 2 is 1.76 bits per heavy atom. The van der Waals surface area contributed by atoms with Gasteiger partial charge >= 0.3 is 0 Å².